The molecule has 5 aliphatic carbocycles. The number of nitrogens with zero attached hydrogens (tertiary/aromatic N) is 1. The zero-order valence-corrected chi connectivity index (χ0v) is 26.2. The molecular formula is C36H52N2O3. The number of carboxylic acid groups (broad SMARTS) is 1. The lowest BCUT2D eigenvalue weighted by Gasteiger charge is -2.72. The minimum Gasteiger partial charge on any atom is -0.481 e. The van der Waals surface area contributed by atoms with Crippen LogP contribution in [-0.2, 0) is 4.79 Å². The van der Waals surface area contributed by atoms with E-state index in [1.54, 1.807) is 0 Å². The number of aliphatic hydroxyl groups excluding tert-OH is 1. The molecule has 5 saturated carbocycles. The second-order valence-corrected chi connectivity index (χ2v) is 16.1. The minimum absolute atomic E-state index is 0.0143. The van der Waals surface area contributed by atoms with Crippen molar-refractivity contribution in [2.24, 2.45) is 61.8 Å². The summed E-state index contributed by atoms with van der Waals surface area (Å²) < 4.78 is 0. The summed E-state index contributed by atoms with van der Waals surface area (Å²) in [6, 6.07) is 9.94. The van der Waals surface area contributed by atoms with Gasteiger partial charge >= 0.3 is 5.97 Å². The van der Waals surface area contributed by atoms with E-state index in [1.165, 1.54) is 0 Å². The molecule has 0 amide bonds. The molecule has 0 unspecified atom stereocenters. The van der Waals surface area contributed by atoms with Crippen LogP contribution in [0, 0.1) is 56.7 Å². The van der Waals surface area contributed by atoms with E-state index < -0.39 is 11.4 Å². The number of rotatable bonds is 4. The molecule has 0 saturated heterocycles. The van der Waals surface area contributed by atoms with Crippen molar-refractivity contribution >= 4 is 17.4 Å². The Morgan fingerprint density at radius 2 is 1.63 bits per heavy atom. The molecule has 1 aromatic rings. The van der Waals surface area contributed by atoms with Crippen LogP contribution in [0.15, 0.2) is 47.6 Å². The molecule has 0 aliphatic heterocycles. The summed E-state index contributed by atoms with van der Waals surface area (Å²) in [6.45, 7) is 18.7. The van der Waals surface area contributed by atoms with Gasteiger partial charge in [0.2, 0.25) is 0 Å². The van der Waals surface area contributed by atoms with Crippen LogP contribution in [0.4, 0.5) is 5.69 Å². The third-order valence-electron chi connectivity index (χ3n) is 14.4. The molecule has 1 aromatic carbocycles. The van der Waals surface area contributed by atoms with Gasteiger partial charge in [-0.3, -0.25) is 10.2 Å². The van der Waals surface area contributed by atoms with Crippen LogP contribution < -0.4 is 5.43 Å². The van der Waals surface area contributed by atoms with Gasteiger partial charge in [0.05, 0.1) is 17.5 Å². The number of para-hydroxylation sites is 1. The number of aliphatic hydroxyl groups is 1. The van der Waals surface area contributed by atoms with Gasteiger partial charge in [0.25, 0.3) is 0 Å². The number of benzene rings is 1. The Hall–Kier alpha value is -2.14. The third kappa shape index (κ3) is 3.76. The van der Waals surface area contributed by atoms with Gasteiger partial charge in [-0.05, 0) is 128 Å². The molecular weight excluding hydrogens is 508 g/mol. The molecule has 41 heavy (non-hydrogen) atoms. The molecule has 6 rings (SSSR count). The number of hydrogen-bond donors (Lipinski definition) is 3. The maximum atomic E-state index is 13.5. The fourth-order valence-electron chi connectivity index (χ4n) is 12.1. The highest BCUT2D eigenvalue weighted by Gasteiger charge is 2.73. The van der Waals surface area contributed by atoms with Gasteiger partial charge in [-0.1, -0.05) is 65.0 Å². The Morgan fingerprint density at radius 3 is 2.29 bits per heavy atom. The van der Waals surface area contributed by atoms with Crippen LogP contribution in [0.1, 0.15) is 99.3 Å². The smallest absolute Gasteiger partial charge is 0.315 e. The summed E-state index contributed by atoms with van der Waals surface area (Å²) >= 11 is 0. The van der Waals surface area contributed by atoms with E-state index in [1.807, 2.05) is 30.3 Å². The number of carbonyl (C=O) groups is 1. The third-order valence-corrected chi connectivity index (χ3v) is 14.4. The lowest BCUT2D eigenvalue weighted by Crippen LogP contribution is -2.68. The van der Waals surface area contributed by atoms with Gasteiger partial charge < -0.3 is 10.2 Å². The maximum Gasteiger partial charge on any atom is 0.315 e. The number of aliphatic carboxylic acids is 1. The normalized spacial score (nSPS) is 47.4. The molecule has 10 atom stereocenters. The number of anilines is 1. The van der Waals surface area contributed by atoms with Crippen molar-refractivity contribution < 1.29 is 15.0 Å². The van der Waals surface area contributed by atoms with Crippen LogP contribution in [0.3, 0.4) is 0 Å². The molecule has 0 spiro atoms. The Morgan fingerprint density at radius 1 is 0.927 bits per heavy atom. The lowest BCUT2D eigenvalue weighted by atomic mass is 9.32. The lowest BCUT2D eigenvalue weighted by molar-refractivity contribution is -0.235. The van der Waals surface area contributed by atoms with Crippen LogP contribution in [-0.4, -0.2) is 28.0 Å². The molecule has 5 aliphatic rings. The van der Waals surface area contributed by atoms with Crippen molar-refractivity contribution in [1.29, 1.82) is 0 Å². The summed E-state index contributed by atoms with van der Waals surface area (Å²) in [6.07, 6.45) is 8.44. The number of fused-ring (bicyclic) bond motifs is 7. The summed E-state index contributed by atoms with van der Waals surface area (Å²) in [5.74, 6) is 0.886. The van der Waals surface area contributed by atoms with E-state index in [4.69, 9.17) is 5.10 Å². The predicted molar refractivity (Wildman–Crippen MR) is 165 cm³/mol. The van der Waals surface area contributed by atoms with E-state index in [-0.39, 0.29) is 39.6 Å². The number of nitrogens with one attached hydrogen (secondary N) is 1. The van der Waals surface area contributed by atoms with Crippen LogP contribution in [0.2, 0.25) is 0 Å². The Balaban J connectivity index is 1.48. The quantitative estimate of drug-likeness (QED) is 0.256. The van der Waals surface area contributed by atoms with Gasteiger partial charge in [0.15, 0.2) is 0 Å². The zero-order chi connectivity index (χ0) is 29.6. The van der Waals surface area contributed by atoms with Gasteiger partial charge in [-0.25, -0.2) is 0 Å². The molecule has 5 nitrogen and oxygen atoms in total. The molecule has 5 heteroatoms. The maximum absolute atomic E-state index is 13.5. The van der Waals surface area contributed by atoms with E-state index >= 15 is 0 Å². The molecule has 0 radical (unpaired) electrons. The van der Waals surface area contributed by atoms with Gasteiger partial charge in [0, 0.05) is 0 Å². The number of hydrazone groups is 1. The Labute approximate surface area is 247 Å². The highest BCUT2D eigenvalue weighted by atomic mass is 16.4. The van der Waals surface area contributed by atoms with Crippen molar-refractivity contribution in [3.05, 3.63) is 42.5 Å². The van der Waals surface area contributed by atoms with Gasteiger partial charge in [0.1, 0.15) is 5.41 Å². The number of hydrogen-bond acceptors (Lipinski definition) is 4. The number of carboxylic acids is 1. The molecule has 0 heterocycles. The Kier molecular flexibility index (Phi) is 6.66. The standard InChI is InChI=1S/C36H52N2O3/c1-22(2)24-15-20-36(31(40)41)28(38-37-23-11-9-8-10-12-23)21-35(7)25(30(24)36)13-14-27-33(5)18-17-29(39)32(3,4)26(33)16-19-34(27,35)6/h8-12,24-27,29-30,37,39H,1,13-21H2,2-7H3,(H,40,41)/t24-,25+,26-,27+,29-,30+,33-,34+,35+,36-/m0/s1. The predicted octanol–water partition coefficient (Wildman–Crippen LogP) is 8.17. The van der Waals surface area contributed by atoms with Gasteiger partial charge in [-0.15, -0.1) is 0 Å². The highest BCUT2D eigenvalue weighted by Crippen LogP contribution is 2.77. The van der Waals surface area contributed by atoms with Crippen molar-refractivity contribution in [1.82, 2.24) is 0 Å². The molecule has 5 fully saturated rings. The highest BCUT2D eigenvalue weighted by molar-refractivity contribution is 6.08. The van der Waals surface area contributed by atoms with Gasteiger partial charge in [-0.2, -0.15) is 5.10 Å². The molecule has 0 bridgehead atoms. The monoisotopic (exact) mass is 560 g/mol. The number of allylic oxidation sites excluding steroid dienone is 1. The van der Waals surface area contributed by atoms with Crippen LogP contribution in [0.5, 0.6) is 0 Å². The summed E-state index contributed by atoms with van der Waals surface area (Å²) in [5, 5.41) is 27.2. The van der Waals surface area contributed by atoms with E-state index in [2.05, 4.69) is 53.5 Å². The fraction of sp³-hybridized carbons (Fsp3) is 0.722. The average Bonchev–Trinajstić information content (AvgIpc) is 3.33. The summed E-state index contributed by atoms with van der Waals surface area (Å²) in [4.78, 5) is 13.5. The minimum atomic E-state index is -0.948. The first-order chi connectivity index (χ1) is 19.2. The van der Waals surface area contributed by atoms with Crippen molar-refractivity contribution in [3.8, 4) is 0 Å². The first-order valence-corrected chi connectivity index (χ1v) is 16.2. The van der Waals surface area contributed by atoms with E-state index in [0.717, 1.165) is 68.3 Å². The average molecular weight is 561 g/mol. The van der Waals surface area contributed by atoms with Crippen LogP contribution >= 0.6 is 0 Å². The van der Waals surface area contributed by atoms with E-state index in [0.29, 0.717) is 24.2 Å². The zero-order valence-electron chi connectivity index (χ0n) is 26.2. The van der Waals surface area contributed by atoms with Crippen LogP contribution in [0.25, 0.3) is 0 Å². The molecule has 0 aromatic heterocycles. The second kappa shape index (κ2) is 9.43. The SMILES string of the molecule is C=C(C)[C@@H]1CC[C@]2(C(=O)O)C(=NNc3ccccc3)C[C@]3(C)[C@H](CC[C@@H]4[C@@]5(C)CC[C@H](O)C(C)(C)[C@@H]5CC[C@]43C)[C@@H]12. The Bertz CT molecular complexity index is 1260. The van der Waals surface area contributed by atoms with Crippen molar-refractivity contribution in [2.45, 2.75) is 105 Å². The second-order valence-electron chi connectivity index (χ2n) is 16.1. The first-order valence-electron chi connectivity index (χ1n) is 16.2. The largest absolute Gasteiger partial charge is 0.481 e. The fourth-order valence-corrected chi connectivity index (χ4v) is 12.1. The van der Waals surface area contributed by atoms with E-state index in [9.17, 15) is 15.0 Å². The first kappa shape index (κ1) is 29.0. The summed E-state index contributed by atoms with van der Waals surface area (Å²) in [5.41, 5.74) is 5.30. The van der Waals surface area contributed by atoms with Crippen molar-refractivity contribution in [2.75, 3.05) is 5.43 Å². The molecule has 3 N–H and O–H groups in total. The molecule has 224 valence electrons. The van der Waals surface area contributed by atoms with Crippen molar-refractivity contribution in [3.63, 3.8) is 0 Å². The topological polar surface area (TPSA) is 81.9 Å². The summed E-state index contributed by atoms with van der Waals surface area (Å²) in [7, 11) is 0.